The van der Waals surface area contributed by atoms with Gasteiger partial charge in [-0.1, -0.05) is 5.16 Å². The van der Waals surface area contributed by atoms with Crippen molar-refractivity contribution in [3.8, 4) is 5.00 Å². The third-order valence-corrected chi connectivity index (χ3v) is 5.13. The summed E-state index contributed by atoms with van der Waals surface area (Å²) in [6.45, 7) is 0. The quantitative estimate of drug-likeness (QED) is 0.696. The Bertz CT molecular complexity index is 742. The lowest BCUT2D eigenvalue weighted by Gasteiger charge is -2.18. The van der Waals surface area contributed by atoms with Crippen LogP contribution in [0.1, 0.15) is 41.4 Å². The molecule has 1 aliphatic heterocycles. The highest BCUT2D eigenvalue weighted by Gasteiger charge is 2.33. The topological polar surface area (TPSA) is 55.6 Å². The number of hydrogen-bond acceptors (Lipinski definition) is 4. The van der Waals surface area contributed by atoms with E-state index in [1.165, 1.54) is 0 Å². The molecule has 0 aromatic carbocycles. The lowest BCUT2D eigenvalue weighted by Crippen LogP contribution is -2.29. The first-order chi connectivity index (χ1) is 10.8. The van der Waals surface area contributed by atoms with Gasteiger partial charge in [0.05, 0.1) is 17.3 Å². The number of thiophene rings is 1. The van der Waals surface area contributed by atoms with Gasteiger partial charge >= 0.3 is 0 Å². The predicted octanol–water partition coefficient (Wildman–Crippen LogP) is 3.13. The number of carbonyl (C=O) groups excluding carboxylic acids is 1. The Morgan fingerprint density at radius 2 is 2.36 bits per heavy atom. The van der Waals surface area contributed by atoms with Crippen molar-refractivity contribution < 1.29 is 9.63 Å². The molecule has 2 aliphatic rings. The summed E-state index contributed by atoms with van der Waals surface area (Å²) in [6, 6.07) is 5.90. The first kappa shape index (κ1) is 13.6. The largest absolute Gasteiger partial charge is 0.399 e. The van der Waals surface area contributed by atoms with E-state index in [9.17, 15) is 4.79 Å². The van der Waals surface area contributed by atoms with Gasteiger partial charge in [-0.2, -0.15) is 0 Å². The van der Waals surface area contributed by atoms with E-state index in [4.69, 9.17) is 4.84 Å². The van der Waals surface area contributed by atoms with E-state index in [0.717, 1.165) is 34.8 Å². The number of carbonyl (C=O) groups is 1. The van der Waals surface area contributed by atoms with Crippen LogP contribution in [-0.4, -0.2) is 23.3 Å². The molecule has 2 aromatic rings. The summed E-state index contributed by atoms with van der Waals surface area (Å²) < 4.78 is 2.11. The maximum Gasteiger partial charge on any atom is 0.254 e. The van der Waals surface area contributed by atoms with Crippen molar-refractivity contribution >= 4 is 23.0 Å². The van der Waals surface area contributed by atoms with Crippen LogP contribution in [0.2, 0.25) is 0 Å². The van der Waals surface area contributed by atoms with Crippen molar-refractivity contribution in [2.75, 3.05) is 7.11 Å². The maximum absolute atomic E-state index is 12.5. The van der Waals surface area contributed by atoms with Crippen LogP contribution in [0, 0.1) is 5.92 Å². The van der Waals surface area contributed by atoms with Crippen molar-refractivity contribution in [3.63, 3.8) is 0 Å². The van der Waals surface area contributed by atoms with Gasteiger partial charge in [-0.3, -0.25) is 4.79 Å². The monoisotopic (exact) mass is 315 g/mol. The molecule has 0 radical (unpaired) electrons. The molecule has 0 bridgehead atoms. The second-order valence-electron chi connectivity index (χ2n) is 5.71. The van der Waals surface area contributed by atoms with Crippen molar-refractivity contribution in [1.29, 1.82) is 0 Å². The fourth-order valence-corrected chi connectivity index (χ4v) is 3.91. The average molecular weight is 315 g/mol. The van der Waals surface area contributed by atoms with Crippen LogP contribution in [-0.2, 0) is 4.84 Å². The van der Waals surface area contributed by atoms with E-state index in [2.05, 4.69) is 21.1 Å². The predicted molar refractivity (Wildman–Crippen MR) is 85.6 cm³/mol. The Kier molecular flexibility index (Phi) is 3.26. The summed E-state index contributed by atoms with van der Waals surface area (Å²) >= 11 is 1.59. The lowest BCUT2D eigenvalue weighted by atomic mass is 10.0. The molecule has 1 atom stereocenters. The van der Waals surface area contributed by atoms with Gasteiger partial charge in [0.25, 0.3) is 5.91 Å². The van der Waals surface area contributed by atoms with Gasteiger partial charge in [0.2, 0.25) is 0 Å². The summed E-state index contributed by atoms with van der Waals surface area (Å²) in [5.41, 5.74) is 2.88. The highest BCUT2D eigenvalue weighted by Crippen LogP contribution is 2.36. The molecular formula is C16H17N3O2S. The van der Waals surface area contributed by atoms with Gasteiger partial charge < -0.3 is 14.7 Å². The summed E-state index contributed by atoms with van der Waals surface area (Å²) in [4.78, 5) is 17.5. The normalized spacial score (nSPS) is 20.9. The minimum absolute atomic E-state index is 0.0162. The second kappa shape index (κ2) is 5.28. The molecule has 22 heavy (non-hydrogen) atoms. The maximum atomic E-state index is 12.5. The number of hydrogen-bond donors (Lipinski definition) is 1. The van der Waals surface area contributed by atoms with Crippen molar-refractivity contribution in [2.24, 2.45) is 11.1 Å². The third kappa shape index (κ3) is 2.23. The van der Waals surface area contributed by atoms with Gasteiger partial charge in [0, 0.05) is 24.2 Å². The molecule has 0 spiro atoms. The SMILES string of the molecule is CON=C(CC1NC(=O)c2ccsc2-n2cccc21)C1CC1. The van der Waals surface area contributed by atoms with Crippen LogP contribution >= 0.6 is 11.3 Å². The number of fused-ring (bicyclic) bond motifs is 3. The van der Waals surface area contributed by atoms with Gasteiger partial charge in [-0.05, 0) is 36.4 Å². The van der Waals surface area contributed by atoms with E-state index >= 15 is 0 Å². The summed E-state index contributed by atoms with van der Waals surface area (Å²) in [5.74, 6) is 0.495. The van der Waals surface area contributed by atoms with Crippen LogP contribution < -0.4 is 5.32 Å². The first-order valence-electron chi connectivity index (χ1n) is 7.44. The average Bonchev–Trinajstić information content (AvgIpc) is 3.07. The molecule has 0 saturated heterocycles. The van der Waals surface area contributed by atoms with E-state index < -0.39 is 0 Å². The molecule has 5 nitrogen and oxygen atoms in total. The molecule has 2 aromatic heterocycles. The fraction of sp³-hybridized carbons (Fsp3) is 0.375. The minimum atomic E-state index is -0.0726. The molecule has 6 heteroatoms. The molecule has 1 fully saturated rings. The molecule has 1 aliphatic carbocycles. The van der Waals surface area contributed by atoms with E-state index in [1.54, 1.807) is 18.4 Å². The van der Waals surface area contributed by atoms with E-state index in [-0.39, 0.29) is 11.9 Å². The molecule has 114 valence electrons. The molecule has 1 N–H and O–H groups in total. The smallest absolute Gasteiger partial charge is 0.254 e. The van der Waals surface area contributed by atoms with Crippen LogP contribution in [0.5, 0.6) is 0 Å². The highest BCUT2D eigenvalue weighted by atomic mass is 32.1. The van der Waals surface area contributed by atoms with Crippen LogP contribution in [0.4, 0.5) is 0 Å². The zero-order valence-corrected chi connectivity index (χ0v) is 13.1. The highest BCUT2D eigenvalue weighted by molar-refractivity contribution is 7.13. The number of aromatic nitrogens is 1. The number of nitrogens with one attached hydrogen (secondary N) is 1. The number of nitrogens with zero attached hydrogens (tertiary/aromatic N) is 2. The minimum Gasteiger partial charge on any atom is -0.399 e. The number of amides is 1. The molecule has 4 rings (SSSR count). The standard InChI is InChI=1S/C16H17N3O2S/c1-21-18-12(10-4-5-10)9-13-14-3-2-7-19(14)16-11(6-8-22-16)15(20)17-13/h2-3,6-8,10,13H,4-5,9H2,1H3,(H,17,20). The molecule has 1 saturated carbocycles. The fourth-order valence-electron chi connectivity index (χ4n) is 3.01. The Morgan fingerprint density at radius 1 is 1.50 bits per heavy atom. The van der Waals surface area contributed by atoms with Gasteiger partial charge in [0.15, 0.2) is 0 Å². The van der Waals surface area contributed by atoms with Gasteiger partial charge in [-0.15, -0.1) is 11.3 Å². The van der Waals surface area contributed by atoms with Crippen molar-refractivity contribution in [1.82, 2.24) is 9.88 Å². The molecule has 3 heterocycles. The first-order valence-corrected chi connectivity index (χ1v) is 8.32. The second-order valence-corrected chi connectivity index (χ2v) is 6.61. The van der Waals surface area contributed by atoms with E-state index in [0.29, 0.717) is 12.3 Å². The third-order valence-electron chi connectivity index (χ3n) is 4.22. The molecule has 1 amide bonds. The van der Waals surface area contributed by atoms with Crippen molar-refractivity contribution in [3.05, 3.63) is 41.0 Å². The summed E-state index contributed by atoms with van der Waals surface area (Å²) in [7, 11) is 1.58. The lowest BCUT2D eigenvalue weighted by molar-refractivity contribution is 0.0940. The van der Waals surface area contributed by atoms with Crippen LogP contribution in [0.3, 0.4) is 0 Å². The molecular weight excluding hydrogens is 298 g/mol. The van der Waals surface area contributed by atoms with Crippen LogP contribution in [0.25, 0.3) is 5.00 Å². The molecule has 1 unspecified atom stereocenters. The zero-order valence-electron chi connectivity index (χ0n) is 12.3. The zero-order chi connectivity index (χ0) is 15.1. The number of oxime groups is 1. The van der Waals surface area contributed by atoms with E-state index in [1.807, 2.05) is 23.7 Å². The van der Waals surface area contributed by atoms with Gasteiger partial charge in [-0.25, -0.2) is 0 Å². The Labute approximate surface area is 132 Å². The Morgan fingerprint density at radius 3 is 3.14 bits per heavy atom. The Balaban J connectivity index is 1.71. The van der Waals surface area contributed by atoms with Crippen LogP contribution in [0.15, 0.2) is 34.9 Å². The summed E-state index contributed by atoms with van der Waals surface area (Å²) in [6.07, 6.45) is 5.04. The van der Waals surface area contributed by atoms with Crippen molar-refractivity contribution in [2.45, 2.75) is 25.3 Å². The summed E-state index contributed by atoms with van der Waals surface area (Å²) in [5, 5.41) is 10.3. The Hall–Kier alpha value is -2.08. The van der Waals surface area contributed by atoms with Gasteiger partial charge in [0.1, 0.15) is 12.1 Å². The number of rotatable bonds is 4.